The van der Waals surface area contributed by atoms with Crippen LogP contribution in [0.25, 0.3) is 10.2 Å². The number of fused-ring (bicyclic) bond motifs is 2. The number of carbonyl (C=O) groups is 1. The molecule has 0 saturated carbocycles. The van der Waals surface area contributed by atoms with Gasteiger partial charge >= 0.3 is 0 Å². The zero-order valence-electron chi connectivity index (χ0n) is 19.9. The fourth-order valence-electron chi connectivity index (χ4n) is 4.47. The second kappa shape index (κ2) is 9.73. The van der Waals surface area contributed by atoms with Crippen molar-refractivity contribution in [1.82, 2.24) is 14.3 Å². The number of rotatable bonds is 6. The highest BCUT2D eigenvalue weighted by molar-refractivity contribution is 7.89. The Morgan fingerprint density at radius 1 is 1.03 bits per heavy atom. The Balaban J connectivity index is 1.34. The van der Waals surface area contributed by atoms with Crippen molar-refractivity contribution < 1.29 is 22.7 Å². The van der Waals surface area contributed by atoms with Gasteiger partial charge in [0, 0.05) is 43.2 Å². The lowest BCUT2D eigenvalue weighted by atomic mass is 10.2. The van der Waals surface area contributed by atoms with Gasteiger partial charge in [0.05, 0.1) is 21.7 Å². The summed E-state index contributed by atoms with van der Waals surface area (Å²) in [5.41, 5.74) is 1.92. The number of nitrogens with zero attached hydrogens (tertiary/aromatic N) is 4. The lowest BCUT2D eigenvalue weighted by Gasteiger charge is -2.20. The highest BCUT2D eigenvalue weighted by atomic mass is 32.2. The molecule has 9 nitrogen and oxygen atoms in total. The van der Waals surface area contributed by atoms with E-state index in [4.69, 9.17) is 14.5 Å². The number of carbonyl (C=O) groups excluding carboxylic acids is 1. The van der Waals surface area contributed by atoms with Crippen LogP contribution in [0.15, 0.2) is 65.8 Å². The van der Waals surface area contributed by atoms with Gasteiger partial charge in [0.2, 0.25) is 10.0 Å². The number of hydrogen-bond donors (Lipinski definition) is 0. The first-order valence-electron chi connectivity index (χ1n) is 12.0. The van der Waals surface area contributed by atoms with Crippen LogP contribution in [-0.2, 0) is 16.6 Å². The van der Waals surface area contributed by atoms with E-state index in [2.05, 4.69) is 4.98 Å². The van der Waals surface area contributed by atoms with E-state index in [1.807, 2.05) is 24.3 Å². The lowest BCUT2D eigenvalue weighted by molar-refractivity contribution is 0.0985. The van der Waals surface area contributed by atoms with Gasteiger partial charge in [-0.05, 0) is 48.7 Å². The largest absolute Gasteiger partial charge is 0.486 e. The van der Waals surface area contributed by atoms with Gasteiger partial charge in [0.15, 0.2) is 16.6 Å². The maximum absolute atomic E-state index is 13.8. The van der Waals surface area contributed by atoms with Crippen LogP contribution < -0.4 is 14.4 Å². The van der Waals surface area contributed by atoms with E-state index in [9.17, 15) is 13.2 Å². The summed E-state index contributed by atoms with van der Waals surface area (Å²) in [4.78, 5) is 24.5. The maximum Gasteiger partial charge on any atom is 0.260 e. The Bertz CT molecular complexity index is 1510. The molecule has 2 aliphatic rings. The molecule has 0 spiro atoms. The molecule has 1 saturated heterocycles. The van der Waals surface area contributed by atoms with Gasteiger partial charge in [0.1, 0.15) is 13.2 Å². The molecule has 4 aromatic rings. The van der Waals surface area contributed by atoms with Gasteiger partial charge in [-0.1, -0.05) is 17.4 Å². The van der Waals surface area contributed by atoms with Crippen LogP contribution in [0.2, 0.25) is 0 Å². The summed E-state index contributed by atoms with van der Waals surface area (Å²) in [7, 11) is -3.56. The second-order valence-corrected chi connectivity index (χ2v) is 11.8. The molecule has 0 aliphatic carbocycles. The van der Waals surface area contributed by atoms with Crippen molar-refractivity contribution in [3.63, 3.8) is 0 Å². The first kappa shape index (κ1) is 23.8. The third-order valence-electron chi connectivity index (χ3n) is 6.38. The van der Waals surface area contributed by atoms with E-state index in [1.165, 1.54) is 27.8 Å². The van der Waals surface area contributed by atoms with Gasteiger partial charge in [-0.3, -0.25) is 14.7 Å². The van der Waals surface area contributed by atoms with Crippen LogP contribution in [0.5, 0.6) is 11.5 Å². The van der Waals surface area contributed by atoms with Crippen LogP contribution in [0, 0.1) is 0 Å². The van der Waals surface area contributed by atoms with E-state index in [0.29, 0.717) is 54.0 Å². The van der Waals surface area contributed by atoms with Gasteiger partial charge in [-0.15, -0.1) is 0 Å². The lowest BCUT2D eigenvalue weighted by Crippen LogP contribution is -2.30. The Kier molecular flexibility index (Phi) is 6.27. The van der Waals surface area contributed by atoms with Gasteiger partial charge in [-0.25, -0.2) is 13.4 Å². The summed E-state index contributed by atoms with van der Waals surface area (Å²) in [6.45, 7) is 2.27. The van der Waals surface area contributed by atoms with Crippen LogP contribution >= 0.6 is 11.3 Å². The molecular weight excluding hydrogens is 512 g/mol. The predicted molar refractivity (Wildman–Crippen MR) is 140 cm³/mol. The number of sulfonamides is 1. The van der Waals surface area contributed by atoms with E-state index < -0.39 is 10.0 Å². The van der Waals surface area contributed by atoms with Gasteiger partial charge in [-0.2, -0.15) is 4.31 Å². The summed E-state index contributed by atoms with van der Waals surface area (Å²) in [5.74, 6) is 1.01. The molecule has 11 heteroatoms. The van der Waals surface area contributed by atoms with Crippen molar-refractivity contribution in [3.05, 3.63) is 72.1 Å². The molecule has 37 heavy (non-hydrogen) atoms. The Morgan fingerprint density at radius 2 is 1.76 bits per heavy atom. The predicted octanol–water partition coefficient (Wildman–Crippen LogP) is 4.09. The molecule has 2 aromatic heterocycles. The second-order valence-electron chi connectivity index (χ2n) is 8.85. The molecule has 0 radical (unpaired) electrons. The van der Waals surface area contributed by atoms with Crippen molar-refractivity contribution >= 4 is 42.6 Å². The minimum Gasteiger partial charge on any atom is -0.486 e. The standard InChI is InChI=1S/C26H24N4O5S2/c31-25(19-5-7-20(8-6-19)37(32,33)29-10-1-2-11-29)30(17-18-4-3-9-27-16-18)26-28-21-14-22-23(15-24(21)36-26)35-13-12-34-22/h3-9,14-16H,1-2,10-13,17H2. The highest BCUT2D eigenvalue weighted by Gasteiger charge is 2.28. The number of hydrogen-bond acceptors (Lipinski definition) is 8. The minimum absolute atomic E-state index is 0.190. The molecule has 1 fully saturated rings. The molecule has 4 heterocycles. The Hall–Kier alpha value is -3.54. The van der Waals surface area contributed by atoms with Gasteiger partial charge in [0.25, 0.3) is 5.91 Å². The average Bonchev–Trinajstić information content (AvgIpc) is 3.61. The van der Waals surface area contributed by atoms with Gasteiger partial charge < -0.3 is 9.47 Å². The third-order valence-corrected chi connectivity index (χ3v) is 9.34. The topological polar surface area (TPSA) is 102 Å². The van der Waals surface area contributed by atoms with E-state index in [-0.39, 0.29) is 17.3 Å². The normalized spacial score (nSPS) is 15.7. The summed E-state index contributed by atoms with van der Waals surface area (Å²) in [6, 6.07) is 13.6. The Labute approximate surface area is 218 Å². The summed E-state index contributed by atoms with van der Waals surface area (Å²) < 4.78 is 39.6. The third kappa shape index (κ3) is 4.65. The number of aromatic nitrogens is 2. The molecule has 2 aromatic carbocycles. The fraction of sp³-hybridized carbons (Fsp3) is 0.269. The minimum atomic E-state index is -3.56. The molecule has 0 unspecified atom stereocenters. The quantitative estimate of drug-likeness (QED) is 0.366. The molecule has 1 amide bonds. The molecule has 0 bridgehead atoms. The summed E-state index contributed by atoms with van der Waals surface area (Å²) in [5, 5.41) is 0.514. The van der Waals surface area contributed by atoms with Crippen LogP contribution in [-0.4, -0.2) is 54.9 Å². The van der Waals surface area contributed by atoms with E-state index in [0.717, 1.165) is 23.1 Å². The number of anilines is 1. The van der Waals surface area contributed by atoms with Crippen molar-refractivity contribution in [3.8, 4) is 11.5 Å². The molecule has 0 N–H and O–H groups in total. The average molecular weight is 537 g/mol. The molecule has 6 rings (SSSR count). The molecule has 2 aliphatic heterocycles. The van der Waals surface area contributed by atoms with Crippen LogP contribution in [0.3, 0.4) is 0 Å². The fourth-order valence-corrected chi connectivity index (χ4v) is 6.96. The monoisotopic (exact) mass is 536 g/mol. The zero-order valence-corrected chi connectivity index (χ0v) is 21.5. The van der Waals surface area contributed by atoms with Crippen LogP contribution in [0.4, 0.5) is 5.13 Å². The summed E-state index contributed by atoms with van der Waals surface area (Å²) in [6.07, 6.45) is 5.11. The Morgan fingerprint density at radius 3 is 2.46 bits per heavy atom. The van der Waals surface area contributed by atoms with E-state index in [1.54, 1.807) is 29.4 Å². The van der Waals surface area contributed by atoms with E-state index >= 15 is 0 Å². The van der Waals surface area contributed by atoms with Crippen molar-refractivity contribution in [2.24, 2.45) is 0 Å². The first-order chi connectivity index (χ1) is 18.0. The van der Waals surface area contributed by atoms with Crippen molar-refractivity contribution in [1.29, 1.82) is 0 Å². The maximum atomic E-state index is 13.8. The number of ether oxygens (including phenoxy) is 2. The smallest absolute Gasteiger partial charge is 0.260 e. The van der Waals surface area contributed by atoms with Crippen molar-refractivity contribution in [2.45, 2.75) is 24.3 Å². The summed E-state index contributed by atoms with van der Waals surface area (Å²) >= 11 is 1.38. The number of benzene rings is 2. The number of thiazole rings is 1. The molecule has 0 atom stereocenters. The number of amides is 1. The number of pyridine rings is 1. The highest BCUT2D eigenvalue weighted by Crippen LogP contribution is 2.39. The molecule has 190 valence electrons. The van der Waals surface area contributed by atoms with Crippen molar-refractivity contribution in [2.75, 3.05) is 31.2 Å². The molecular formula is C26H24N4O5S2. The van der Waals surface area contributed by atoms with Crippen LogP contribution in [0.1, 0.15) is 28.8 Å². The SMILES string of the molecule is O=C(c1ccc(S(=O)(=O)N2CCCC2)cc1)N(Cc1cccnc1)c1nc2cc3c(cc2s1)OCCO3. The first-order valence-corrected chi connectivity index (χ1v) is 14.3. The zero-order chi connectivity index (χ0) is 25.4.